The van der Waals surface area contributed by atoms with Crippen molar-refractivity contribution in [2.24, 2.45) is 0 Å². The summed E-state index contributed by atoms with van der Waals surface area (Å²) in [7, 11) is -1.66. The van der Waals surface area contributed by atoms with Gasteiger partial charge in [0, 0.05) is 39.2 Å². The van der Waals surface area contributed by atoms with Crippen LogP contribution in [-0.4, -0.2) is 71.5 Å². The minimum atomic E-state index is -3.22. The first-order chi connectivity index (χ1) is 13.8. The average Bonchev–Trinajstić information content (AvgIpc) is 3.32. The molecule has 10 heteroatoms. The summed E-state index contributed by atoms with van der Waals surface area (Å²) in [5, 5.41) is -0.221. The van der Waals surface area contributed by atoms with Crippen LogP contribution in [0.2, 0.25) is 0 Å². The summed E-state index contributed by atoms with van der Waals surface area (Å²) in [4.78, 5) is 32.2. The largest absolute Gasteiger partial charge is 0.383 e. The molecule has 1 atom stereocenters. The van der Waals surface area contributed by atoms with E-state index >= 15 is 0 Å². The number of sulfone groups is 1. The second kappa shape index (κ2) is 7.27. The molecule has 0 radical (unpaired) electrons. The lowest BCUT2D eigenvalue weighted by atomic mass is 10.3. The van der Waals surface area contributed by atoms with Crippen LogP contribution in [-0.2, 0) is 21.1 Å². The van der Waals surface area contributed by atoms with Gasteiger partial charge in [-0.25, -0.2) is 13.4 Å². The summed E-state index contributed by atoms with van der Waals surface area (Å²) < 4.78 is 32.0. The maximum Gasteiger partial charge on any atom is 0.270 e. The fraction of sp³-hybridized carbons (Fsp3) is 0.421. The molecule has 3 aromatic heterocycles. The van der Waals surface area contributed by atoms with Crippen LogP contribution in [0.15, 0.2) is 35.3 Å². The molecule has 3 aromatic rings. The van der Waals surface area contributed by atoms with Crippen LogP contribution >= 0.6 is 0 Å². The number of fused-ring (bicyclic) bond motifs is 2. The number of hydrogen-bond donors (Lipinski definition) is 0. The molecule has 1 fully saturated rings. The van der Waals surface area contributed by atoms with Gasteiger partial charge in [0.2, 0.25) is 0 Å². The number of pyridine rings is 1. The van der Waals surface area contributed by atoms with Gasteiger partial charge >= 0.3 is 0 Å². The summed E-state index contributed by atoms with van der Waals surface area (Å²) in [5.41, 5.74) is 0.956. The molecule has 0 bridgehead atoms. The van der Waals surface area contributed by atoms with Gasteiger partial charge in [0.25, 0.3) is 11.5 Å². The van der Waals surface area contributed by atoms with E-state index in [9.17, 15) is 18.0 Å². The van der Waals surface area contributed by atoms with Crippen molar-refractivity contribution in [3.63, 3.8) is 0 Å². The Hall–Kier alpha value is -2.72. The number of methoxy groups -OCH3 is 1. The highest BCUT2D eigenvalue weighted by Gasteiger charge is 2.34. The molecule has 0 aromatic carbocycles. The first-order valence-electron chi connectivity index (χ1n) is 9.29. The van der Waals surface area contributed by atoms with Crippen LogP contribution in [0.25, 0.3) is 16.7 Å². The van der Waals surface area contributed by atoms with E-state index in [0.29, 0.717) is 48.5 Å². The Kier molecular flexibility index (Phi) is 4.91. The van der Waals surface area contributed by atoms with Gasteiger partial charge in [0.1, 0.15) is 17.0 Å². The van der Waals surface area contributed by atoms with Crippen molar-refractivity contribution < 1.29 is 17.9 Å². The van der Waals surface area contributed by atoms with Crippen molar-refractivity contribution in [1.82, 2.24) is 18.9 Å². The molecule has 154 valence electrons. The van der Waals surface area contributed by atoms with Crippen molar-refractivity contribution in [1.29, 1.82) is 0 Å². The van der Waals surface area contributed by atoms with Gasteiger partial charge in [-0.2, -0.15) is 0 Å². The zero-order valence-electron chi connectivity index (χ0n) is 16.2. The number of carbonyl (C=O) groups excluding carboxylic acids is 1. The monoisotopic (exact) mass is 418 g/mol. The Morgan fingerprint density at radius 2 is 2.14 bits per heavy atom. The SMILES string of the molecule is COCCn1c(C(=O)N2CCC(S(C)(=O)=O)C2)cc2c(=O)n3ccccc3nc21. The van der Waals surface area contributed by atoms with E-state index in [1.54, 1.807) is 42.1 Å². The highest BCUT2D eigenvalue weighted by molar-refractivity contribution is 7.91. The fourth-order valence-corrected chi connectivity index (χ4v) is 4.75. The van der Waals surface area contributed by atoms with Crippen LogP contribution in [0, 0.1) is 0 Å². The summed E-state index contributed by atoms with van der Waals surface area (Å²) in [5.74, 6) is -0.307. The van der Waals surface area contributed by atoms with Crippen LogP contribution in [0.4, 0.5) is 0 Å². The third-order valence-electron chi connectivity index (χ3n) is 5.35. The predicted octanol–water partition coefficient (Wildman–Crippen LogP) is 0.555. The Balaban J connectivity index is 1.83. The molecule has 0 spiro atoms. The Labute approximate surface area is 167 Å². The van der Waals surface area contributed by atoms with Gasteiger partial charge in [-0.15, -0.1) is 0 Å². The predicted molar refractivity (Wildman–Crippen MR) is 108 cm³/mol. The number of likely N-dealkylation sites (tertiary alicyclic amines) is 1. The van der Waals surface area contributed by atoms with Gasteiger partial charge in [0.05, 0.1) is 17.2 Å². The molecule has 1 saturated heterocycles. The Morgan fingerprint density at radius 1 is 1.34 bits per heavy atom. The maximum absolute atomic E-state index is 13.2. The molecule has 1 aliphatic heterocycles. The molecule has 4 heterocycles. The van der Waals surface area contributed by atoms with Crippen molar-refractivity contribution in [2.45, 2.75) is 18.2 Å². The van der Waals surface area contributed by atoms with E-state index in [-0.39, 0.29) is 18.0 Å². The van der Waals surface area contributed by atoms with Crippen LogP contribution in [0.5, 0.6) is 0 Å². The number of nitrogens with zero attached hydrogens (tertiary/aromatic N) is 4. The number of aromatic nitrogens is 3. The van der Waals surface area contributed by atoms with Crippen LogP contribution < -0.4 is 5.56 Å². The minimum absolute atomic E-state index is 0.151. The molecule has 1 amide bonds. The van der Waals surface area contributed by atoms with Gasteiger partial charge in [-0.3, -0.25) is 14.0 Å². The summed E-state index contributed by atoms with van der Waals surface area (Å²) >= 11 is 0. The lowest BCUT2D eigenvalue weighted by molar-refractivity contribution is 0.0780. The zero-order chi connectivity index (χ0) is 20.8. The summed E-state index contributed by atoms with van der Waals surface area (Å²) in [6.07, 6.45) is 3.24. The minimum Gasteiger partial charge on any atom is -0.383 e. The molecular weight excluding hydrogens is 396 g/mol. The molecule has 0 saturated carbocycles. The van der Waals surface area contributed by atoms with Crippen molar-refractivity contribution >= 4 is 32.4 Å². The standard InChI is InChI=1S/C19H22N4O5S/c1-28-10-9-22-15(19(25)21-8-6-13(12-21)29(2,26)27)11-14-17(22)20-16-5-3-4-7-23(16)18(14)24/h3-5,7,11,13H,6,8-10,12H2,1-2H3. The summed E-state index contributed by atoms with van der Waals surface area (Å²) in [6.45, 7) is 1.19. The maximum atomic E-state index is 13.2. The molecule has 9 nitrogen and oxygen atoms in total. The number of amides is 1. The molecule has 1 aliphatic rings. The van der Waals surface area contributed by atoms with Gasteiger partial charge in [-0.1, -0.05) is 6.07 Å². The average molecular weight is 418 g/mol. The number of hydrogen-bond acceptors (Lipinski definition) is 6. The zero-order valence-corrected chi connectivity index (χ0v) is 17.1. The third-order valence-corrected chi connectivity index (χ3v) is 6.95. The van der Waals surface area contributed by atoms with E-state index in [2.05, 4.69) is 4.98 Å². The fourth-order valence-electron chi connectivity index (χ4n) is 3.76. The van der Waals surface area contributed by atoms with Crippen molar-refractivity contribution in [2.75, 3.05) is 33.1 Å². The highest BCUT2D eigenvalue weighted by atomic mass is 32.2. The lowest BCUT2D eigenvalue weighted by Gasteiger charge is -2.17. The molecule has 29 heavy (non-hydrogen) atoms. The smallest absolute Gasteiger partial charge is 0.270 e. The first kappa shape index (κ1) is 19.6. The molecular formula is C19H22N4O5S. The van der Waals surface area contributed by atoms with E-state index in [1.165, 1.54) is 15.6 Å². The quantitative estimate of drug-likeness (QED) is 0.600. The first-order valence-corrected chi connectivity index (χ1v) is 11.2. The van der Waals surface area contributed by atoms with Crippen LogP contribution in [0.1, 0.15) is 16.9 Å². The molecule has 1 unspecified atom stereocenters. The second-order valence-corrected chi connectivity index (χ2v) is 9.57. The van der Waals surface area contributed by atoms with E-state index in [0.717, 1.165) is 0 Å². The summed E-state index contributed by atoms with van der Waals surface area (Å²) in [6, 6.07) is 6.81. The Morgan fingerprint density at radius 3 is 2.83 bits per heavy atom. The van der Waals surface area contributed by atoms with Crippen molar-refractivity contribution in [3.05, 3.63) is 46.5 Å². The lowest BCUT2D eigenvalue weighted by Crippen LogP contribution is -2.33. The number of carbonyl (C=O) groups is 1. The normalized spacial score (nSPS) is 17.4. The van der Waals surface area contributed by atoms with Gasteiger partial charge in [0.15, 0.2) is 9.84 Å². The Bertz CT molecular complexity index is 1260. The topological polar surface area (TPSA) is 103 Å². The van der Waals surface area contributed by atoms with Gasteiger partial charge in [-0.05, 0) is 24.6 Å². The highest BCUT2D eigenvalue weighted by Crippen LogP contribution is 2.22. The number of rotatable bonds is 5. The van der Waals surface area contributed by atoms with E-state index in [1.807, 2.05) is 0 Å². The molecule has 4 rings (SSSR count). The second-order valence-electron chi connectivity index (χ2n) is 7.25. The van der Waals surface area contributed by atoms with Gasteiger partial charge < -0.3 is 14.2 Å². The third kappa shape index (κ3) is 3.42. The van der Waals surface area contributed by atoms with Crippen molar-refractivity contribution in [3.8, 4) is 0 Å². The molecule has 0 aliphatic carbocycles. The van der Waals surface area contributed by atoms with E-state index < -0.39 is 15.1 Å². The number of ether oxygens (including phenoxy) is 1. The van der Waals surface area contributed by atoms with E-state index in [4.69, 9.17) is 4.74 Å². The van der Waals surface area contributed by atoms with Crippen LogP contribution in [0.3, 0.4) is 0 Å². The molecule has 0 N–H and O–H groups in total.